The number of carbonyl (C=O) groups excluding carboxylic acids is 2. The summed E-state index contributed by atoms with van der Waals surface area (Å²) < 4.78 is 0. The number of nitrogens with two attached hydrogens (primary N) is 1. The van der Waals surface area contributed by atoms with Gasteiger partial charge in [-0.1, -0.05) is 19.8 Å². The molecule has 3 N–H and O–H groups in total. The van der Waals surface area contributed by atoms with Gasteiger partial charge >= 0.3 is 6.03 Å². The molecule has 5 nitrogen and oxygen atoms in total. The largest absolute Gasteiger partial charge is 0.329 e. The Labute approximate surface area is 83.6 Å². The number of unbranched alkanes of at least 4 members (excludes halogenated alkanes) is 1. The molecular formula is C9H17N3O2. The van der Waals surface area contributed by atoms with Gasteiger partial charge in [-0.3, -0.25) is 9.69 Å². The van der Waals surface area contributed by atoms with Crippen LogP contribution in [-0.4, -0.2) is 36.0 Å². The van der Waals surface area contributed by atoms with Crippen LogP contribution in [0.5, 0.6) is 0 Å². The van der Waals surface area contributed by atoms with Crippen LogP contribution in [0.4, 0.5) is 4.79 Å². The summed E-state index contributed by atoms with van der Waals surface area (Å²) in [6, 6.07) is -0.438. The van der Waals surface area contributed by atoms with E-state index in [1.54, 1.807) is 0 Å². The third-order valence-corrected chi connectivity index (χ3v) is 2.41. The van der Waals surface area contributed by atoms with Crippen LogP contribution >= 0.6 is 0 Å². The minimum Gasteiger partial charge on any atom is -0.329 e. The number of rotatable bonds is 5. The predicted molar refractivity (Wildman–Crippen MR) is 52.6 cm³/mol. The fourth-order valence-corrected chi connectivity index (χ4v) is 1.60. The first-order chi connectivity index (χ1) is 6.70. The van der Waals surface area contributed by atoms with E-state index in [2.05, 4.69) is 12.2 Å². The molecule has 1 rings (SSSR count). The van der Waals surface area contributed by atoms with Gasteiger partial charge in [0.25, 0.3) is 0 Å². The maximum absolute atomic E-state index is 11.3. The molecule has 0 aliphatic carbocycles. The third kappa shape index (κ3) is 2.23. The predicted octanol–water partition coefficient (Wildman–Crippen LogP) is 0.0557. The smallest absolute Gasteiger partial charge is 0.324 e. The SMILES string of the molecule is CCCCC(CN)N1C(=O)CNC1=O. The van der Waals surface area contributed by atoms with E-state index in [-0.39, 0.29) is 24.5 Å². The second kappa shape index (κ2) is 4.95. The molecule has 1 heterocycles. The molecule has 0 radical (unpaired) electrons. The molecule has 1 aliphatic rings. The van der Waals surface area contributed by atoms with Crippen LogP contribution in [0.2, 0.25) is 0 Å². The number of amides is 3. The maximum atomic E-state index is 11.3. The van der Waals surface area contributed by atoms with Gasteiger partial charge in [0.05, 0.1) is 12.6 Å². The van der Waals surface area contributed by atoms with Crippen molar-refractivity contribution in [1.82, 2.24) is 10.2 Å². The van der Waals surface area contributed by atoms with E-state index in [0.717, 1.165) is 19.3 Å². The van der Waals surface area contributed by atoms with Gasteiger partial charge in [-0.2, -0.15) is 0 Å². The molecule has 5 heteroatoms. The molecule has 1 saturated heterocycles. The van der Waals surface area contributed by atoms with E-state index in [9.17, 15) is 9.59 Å². The van der Waals surface area contributed by atoms with Crippen molar-refractivity contribution in [2.45, 2.75) is 32.2 Å². The summed E-state index contributed by atoms with van der Waals surface area (Å²) in [7, 11) is 0. The van der Waals surface area contributed by atoms with Gasteiger partial charge in [-0.05, 0) is 6.42 Å². The standard InChI is InChI=1S/C9H17N3O2/c1-2-3-4-7(5-10)12-8(13)6-11-9(12)14/h7H,2-6,10H2,1H3,(H,11,14). The molecule has 80 valence electrons. The van der Waals surface area contributed by atoms with E-state index in [1.807, 2.05) is 0 Å². The second-order valence-corrected chi connectivity index (χ2v) is 3.45. The Morgan fingerprint density at radius 2 is 2.29 bits per heavy atom. The zero-order chi connectivity index (χ0) is 10.6. The zero-order valence-corrected chi connectivity index (χ0v) is 8.45. The van der Waals surface area contributed by atoms with E-state index in [0.29, 0.717) is 6.54 Å². The molecule has 1 unspecified atom stereocenters. The average Bonchev–Trinajstić information content (AvgIpc) is 2.50. The van der Waals surface area contributed by atoms with E-state index >= 15 is 0 Å². The quantitative estimate of drug-likeness (QED) is 0.614. The maximum Gasteiger partial charge on any atom is 0.324 e. The van der Waals surface area contributed by atoms with Gasteiger partial charge in [0.15, 0.2) is 0 Å². The molecule has 1 atom stereocenters. The van der Waals surface area contributed by atoms with Crippen LogP contribution in [0, 0.1) is 0 Å². The molecular weight excluding hydrogens is 182 g/mol. The minimum atomic E-state index is -0.304. The first-order valence-electron chi connectivity index (χ1n) is 5.00. The molecule has 1 aliphatic heterocycles. The van der Waals surface area contributed by atoms with E-state index in [1.165, 1.54) is 4.90 Å². The summed E-state index contributed by atoms with van der Waals surface area (Å²) in [5.41, 5.74) is 5.54. The Kier molecular flexibility index (Phi) is 3.88. The molecule has 14 heavy (non-hydrogen) atoms. The van der Waals surface area contributed by atoms with Crippen molar-refractivity contribution < 1.29 is 9.59 Å². The molecule has 0 aromatic heterocycles. The lowest BCUT2D eigenvalue weighted by Gasteiger charge is -2.23. The van der Waals surface area contributed by atoms with Crippen LogP contribution in [0.15, 0.2) is 0 Å². The average molecular weight is 199 g/mol. The Bertz CT molecular complexity index is 214. The van der Waals surface area contributed by atoms with Gasteiger partial charge in [0, 0.05) is 6.54 Å². The number of hydrogen-bond donors (Lipinski definition) is 2. The van der Waals surface area contributed by atoms with Crippen LogP contribution in [-0.2, 0) is 4.79 Å². The Hall–Kier alpha value is -1.10. The van der Waals surface area contributed by atoms with Gasteiger partial charge < -0.3 is 11.1 Å². The van der Waals surface area contributed by atoms with E-state index < -0.39 is 0 Å². The summed E-state index contributed by atoms with van der Waals surface area (Å²) in [5.74, 6) is -0.165. The summed E-state index contributed by atoms with van der Waals surface area (Å²) in [6.45, 7) is 2.53. The van der Waals surface area contributed by atoms with Crippen molar-refractivity contribution in [2.24, 2.45) is 5.73 Å². The van der Waals surface area contributed by atoms with Crippen molar-refractivity contribution in [3.8, 4) is 0 Å². The Morgan fingerprint density at radius 1 is 1.57 bits per heavy atom. The highest BCUT2D eigenvalue weighted by Crippen LogP contribution is 2.11. The van der Waals surface area contributed by atoms with Crippen molar-refractivity contribution >= 4 is 11.9 Å². The van der Waals surface area contributed by atoms with Gasteiger partial charge in [-0.25, -0.2) is 4.79 Å². The van der Waals surface area contributed by atoms with Crippen LogP contribution in [0.25, 0.3) is 0 Å². The van der Waals surface area contributed by atoms with Crippen molar-refractivity contribution in [2.75, 3.05) is 13.1 Å². The number of nitrogens with one attached hydrogen (secondary N) is 1. The molecule has 3 amide bonds. The van der Waals surface area contributed by atoms with E-state index in [4.69, 9.17) is 5.73 Å². The number of imide groups is 1. The number of carbonyl (C=O) groups is 2. The fraction of sp³-hybridized carbons (Fsp3) is 0.778. The van der Waals surface area contributed by atoms with Gasteiger partial charge in [0.2, 0.25) is 5.91 Å². The monoisotopic (exact) mass is 199 g/mol. The number of hydrogen-bond acceptors (Lipinski definition) is 3. The number of nitrogens with zero attached hydrogens (tertiary/aromatic N) is 1. The molecule has 0 bridgehead atoms. The van der Waals surface area contributed by atoms with Gasteiger partial charge in [-0.15, -0.1) is 0 Å². The normalized spacial score (nSPS) is 18.6. The van der Waals surface area contributed by atoms with Crippen LogP contribution in [0.3, 0.4) is 0 Å². The van der Waals surface area contributed by atoms with Crippen LogP contribution in [0.1, 0.15) is 26.2 Å². The summed E-state index contributed by atoms with van der Waals surface area (Å²) in [4.78, 5) is 23.9. The first kappa shape index (κ1) is 11.0. The highest BCUT2D eigenvalue weighted by molar-refractivity contribution is 6.02. The summed E-state index contributed by atoms with van der Waals surface area (Å²) in [5, 5.41) is 2.49. The molecule has 1 fully saturated rings. The molecule has 0 aromatic carbocycles. The highest BCUT2D eigenvalue weighted by atomic mass is 16.2. The third-order valence-electron chi connectivity index (χ3n) is 2.41. The summed E-state index contributed by atoms with van der Waals surface area (Å²) >= 11 is 0. The second-order valence-electron chi connectivity index (χ2n) is 3.45. The minimum absolute atomic E-state index is 0.113. The van der Waals surface area contributed by atoms with Crippen molar-refractivity contribution in [3.63, 3.8) is 0 Å². The lowest BCUT2D eigenvalue weighted by Crippen LogP contribution is -2.44. The Morgan fingerprint density at radius 3 is 2.71 bits per heavy atom. The molecule has 0 saturated carbocycles. The fourth-order valence-electron chi connectivity index (χ4n) is 1.60. The van der Waals surface area contributed by atoms with Crippen LogP contribution < -0.4 is 11.1 Å². The lowest BCUT2D eigenvalue weighted by molar-refractivity contribution is -0.126. The molecule has 0 aromatic rings. The zero-order valence-electron chi connectivity index (χ0n) is 8.45. The number of urea groups is 1. The topological polar surface area (TPSA) is 75.4 Å². The van der Waals surface area contributed by atoms with Crippen molar-refractivity contribution in [1.29, 1.82) is 0 Å². The highest BCUT2D eigenvalue weighted by Gasteiger charge is 2.33. The summed E-state index contributed by atoms with van der Waals surface area (Å²) in [6.07, 6.45) is 2.82. The lowest BCUT2D eigenvalue weighted by atomic mass is 10.1. The van der Waals surface area contributed by atoms with Gasteiger partial charge in [0.1, 0.15) is 0 Å². The first-order valence-corrected chi connectivity index (χ1v) is 5.00. The van der Waals surface area contributed by atoms with Crippen molar-refractivity contribution in [3.05, 3.63) is 0 Å². The molecule has 0 spiro atoms. The Balaban J connectivity index is 2.58.